The second-order valence-corrected chi connectivity index (χ2v) is 5.11. The molecule has 104 valence electrons. The van der Waals surface area contributed by atoms with Crippen molar-refractivity contribution in [3.63, 3.8) is 0 Å². The summed E-state index contributed by atoms with van der Waals surface area (Å²) >= 11 is 3.40. The summed E-state index contributed by atoms with van der Waals surface area (Å²) in [7, 11) is 1.67. The molecule has 0 unspecified atom stereocenters. The minimum Gasteiger partial charge on any atom is -0.383 e. The summed E-state index contributed by atoms with van der Waals surface area (Å²) in [5.74, 6) is 0.536. The number of hydrogen-bond acceptors (Lipinski definition) is 5. The fraction of sp³-hybridized carbons (Fsp3) is 0.250. The number of anilines is 2. The molecule has 0 saturated carbocycles. The van der Waals surface area contributed by atoms with Gasteiger partial charge in [0.1, 0.15) is 0 Å². The molecule has 1 N–H and O–H groups in total. The first-order valence-corrected chi connectivity index (χ1v) is 6.84. The van der Waals surface area contributed by atoms with Crippen LogP contribution in [-0.2, 0) is 11.3 Å². The average Bonchev–Trinajstić information content (AvgIpc) is 3.02. The summed E-state index contributed by atoms with van der Waals surface area (Å²) in [5.41, 5.74) is 1.62. The molecule has 7 nitrogen and oxygen atoms in total. The van der Waals surface area contributed by atoms with E-state index in [1.807, 2.05) is 24.5 Å². The zero-order valence-corrected chi connectivity index (χ0v) is 12.4. The second-order valence-electron chi connectivity index (χ2n) is 4.20. The molecule has 0 atom stereocenters. The van der Waals surface area contributed by atoms with Gasteiger partial charge in [-0.3, -0.25) is 4.68 Å². The largest absolute Gasteiger partial charge is 0.383 e. The molecule has 3 aromatic heterocycles. The van der Waals surface area contributed by atoms with Crippen LogP contribution in [0, 0.1) is 0 Å². The zero-order valence-electron chi connectivity index (χ0n) is 10.8. The minimum absolute atomic E-state index is 0.536. The zero-order chi connectivity index (χ0) is 13.9. The van der Waals surface area contributed by atoms with E-state index in [1.54, 1.807) is 22.5 Å². The van der Waals surface area contributed by atoms with E-state index in [4.69, 9.17) is 4.74 Å². The molecule has 0 radical (unpaired) electrons. The summed E-state index contributed by atoms with van der Waals surface area (Å²) in [6.07, 6.45) is 5.48. The van der Waals surface area contributed by atoms with Crippen LogP contribution in [-0.4, -0.2) is 38.1 Å². The first-order valence-electron chi connectivity index (χ1n) is 6.05. The van der Waals surface area contributed by atoms with Crippen molar-refractivity contribution in [2.45, 2.75) is 6.54 Å². The summed E-state index contributed by atoms with van der Waals surface area (Å²) in [6.45, 7) is 1.34. The Labute approximate surface area is 123 Å². The van der Waals surface area contributed by atoms with E-state index in [0.717, 1.165) is 15.8 Å². The van der Waals surface area contributed by atoms with Gasteiger partial charge < -0.3 is 10.1 Å². The van der Waals surface area contributed by atoms with E-state index in [2.05, 4.69) is 36.4 Å². The molecular formula is C12H13BrN6O. The van der Waals surface area contributed by atoms with Crippen LogP contribution in [0.1, 0.15) is 0 Å². The van der Waals surface area contributed by atoms with Gasteiger partial charge in [0.05, 0.1) is 25.0 Å². The van der Waals surface area contributed by atoms with E-state index in [9.17, 15) is 0 Å². The summed E-state index contributed by atoms with van der Waals surface area (Å²) < 4.78 is 9.48. The van der Waals surface area contributed by atoms with Gasteiger partial charge in [0.25, 0.3) is 0 Å². The van der Waals surface area contributed by atoms with Gasteiger partial charge in [0, 0.05) is 24.0 Å². The number of fused-ring (bicyclic) bond motifs is 1. The molecule has 0 aliphatic rings. The number of pyridine rings is 1. The maximum atomic E-state index is 5.01. The van der Waals surface area contributed by atoms with Gasteiger partial charge in [-0.1, -0.05) is 0 Å². The van der Waals surface area contributed by atoms with Gasteiger partial charge in [0.15, 0.2) is 5.65 Å². The molecule has 0 aliphatic heterocycles. The third kappa shape index (κ3) is 2.81. The second kappa shape index (κ2) is 5.59. The Balaban J connectivity index is 1.76. The first kappa shape index (κ1) is 13.1. The molecule has 3 aromatic rings. The van der Waals surface area contributed by atoms with Crippen molar-refractivity contribution in [2.75, 3.05) is 19.0 Å². The fourth-order valence-corrected chi connectivity index (χ4v) is 2.10. The molecule has 0 bridgehead atoms. The van der Waals surface area contributed by atoms with Crippen LogP contribution in [0.2, 0.25) is 0 Å². The molecule has 0 spiro atoms. The normalized spacial score (nSPS) is 11.1. The van der Waals surface area contributed by atoms with Crippen molar-refractivity contribution in [3.8, 4) is 0 Å². The molecule has 0 saturated heterocycles. The van der Waals surface area contributed by atoms with Gasteiger partial charge in [-0.25, -0.2) is 4.52 Å². The third-order valence-corrected chi connectivity index (χ3v) is 3.18. The lowest BCUT2D eigenvalue weighted by Gasteiger charge is -1.98. The Morgan fingerprint density at radius 1 is 1.35 bits per heavy atom. The van der Waals surface area contributed by atoms with Crippen LogP contribution < -0.4 is 5.32 Å². The molecule has 0 fully saturated rings. The van der Waals surface area contributed by atoms with Crippen LogP contribution in [0.3, 0.4) is 0 Å². The quantitative estimate of drug-likeness (QED) is 0.772. The average molecular weight is 337 g/mol. The lowest BCUT2D eigenvalue weighted by Crippen LogP contribution is -2.03. The van der Waals surface area contributed by atoms with Crippen molar-refractivity contribution in [3.05, 3.63) is 35.2 Å². The SMILES string of the molecule is COCCn1cc(Nc2nc3ccc(Br)cn3n2)cn1. The van der Waals surface area contributed by atoms with E-state index < -0.39 is 0 Å². The van der Waals surface area contributed by atoms with Crippen LogP contribution in [0.15, 0.2) is 35.2 Å². The van der Waals surface area contributed by atoms with Crippen LogP contribution >= 0.6 is 15.9 Å². The number of rotatable bonds is 5. The lowest BCUT2D eigenvalue weighted by molar-refractivity contribution is 0.183. The predicted molar refractivity (Wildman–Crippen MR) is 78.1 cm³/mol. The Morgan fingerprint density at radius 2 is 2.25 bits per heavy atom. The van der Waals surface area contributed by atoms with E-state index in [0.29, 0.717) is 19.1 Å². The standard InChI is InChI=1S/C12H13BrN6O/c1-20-5-4-18-8-10(6-14-18)15-12-16-11-3-2-9(13)7-19(11)17-12/h2-3,6-8H,4-5H2,1H3,(H,15,17). The molecule has 3 heterocycles. The predicted octanol–water partition coefficient (Wildman–Crippen LogP) is 2.08. The highest BCUT2D eigenvalue weighted by Crippen LogP contribution is 2.15. The first-order chi connectivity index (χ1) is 9.74. The van der Waals surface area contributed by atoms with Crippen LogP contribution in [0.25, 0.3) is 5.65 Å². The summed E-state index contributed by atoms with van der Waals surface area (Å²) in [5, 5.41) is 11.7. The third-order valence-electron chi connectivity index (χ3n) is 2.71. The Bertz CT molecular complexity index is 722. The Kier molecular flexibility index (Phi) is 3.66. The number of ether oxygens (including phenoxy) is 1. The van der Waals surface area contributed by atoms with Crippen molar-refractivity contribution in [2.24, 2.45) is 0 Å². The number of methoxy groups -OCH3 is 1. The van der Waals surface area contributed by atoms with Crippen molar-refractivity contribution < 1.29 is 4.74 Å². The van der Waals surface area contributed by atoms with E-state index >= 15 is 0 Å². The highest BCUT2D eigenvalue weighted by Gasteiger charge is 2.05. The smallest absolute Gasteiger partial charge is 0.247 e. The Hall–Kier alpha value is -1.93. The number of nitrogens with one attached hydrogen (secondary N) is 1. The van der Waals surface area contributed by atoms with Crippen LogP contribution in [0.5, 0.6) is 0 Å². The molecular weight excluding hydrogens is 324 g/mol. The number of hydrogen-bond donors (Lipinski definition) is 1. The highest BCUT2D eigenvalue weighted by molar-refractivity contribution is 9.10. The molecule has 3 rings (SSSR count). The van der Waals surface area contributed by atoms with Gasteiger partial charge in [0.2, 0.25) is 5.95 Å². The summed E-state index contributed by atoms with van der Waals surface area (Å²) in [4.78, 5) is 4.38. The number of nitrogens with zero attached hydrogens (tertiary/aromatic N) is 5. The van der Waals surface area contributed by atoms with E-state index in [-0.39, 0.29) is 0 Å². The lowest BCUT2D eigenvalue weighted by atomic mass is 10.5. The summed E-state index contributed by atoms with van der Waals surface area (Å²) in [6, 6.07) is 3.82. The monoisotopic (exact) mass is 336 g/mol. The van der Waals surface area contributed by atoms with Crippen molar-refractivity contribution in [1.29, 1.82) is 0 Å². The molecule has 0 aromatic carbocycles. The minimum atomic E-state index is 0.536. The highest BCUT2D eigenvalue weighted by atomic mass is 79.9. The molecule has 0 aliphatic carbocycles. The van der Waals surface area contributed by atoms with E-state index in [1.165, 1.54) is 0 Å². The molecule has 0 amide bonds. The maximum absolute atomic E-state index is 5.01. The topological polar surface area (TPSA) is 69.3 Å². The van der Waals surface area contributed by atoms with Crippen molar-refractivity contribution >= 4 is 33.2 Å². The van der Waals surface area contributed by atoms with Crippen LogP contribution in [0.4, 0.5) is 11.6 Å². The Morgan fingerprint density at radius 3 is 3.10 bits per heavy atom. The molecule has 8 heteroatoms. The maximum Gasteiger partial charge on any atom is 0.247 e. The van der Waals surface area contributed by atoms with Crippen molar-refractivity contribution in [1.82, 2.24) is 24.4 Å². The number of halogens is 1. The number of aromatic nitrogens is 5. The van der Waals surface area contributed by atoms with Gasteiger partial charge >= 0.3 is 0 Å². The van der Waals surface area contributed by atoms with Gasteiger partial charge in [-0.15, -0.1) is 5.10 Å². The van der Waals surface area contributed by atoms with Gasteiger partial charge in [-0.2, -0.15) is 10.1 Å². The molecule has 20 heavy (non-hydrogen) atoms. The fourth-order valence-electron chi connectivity index (χ4n) is 1.78. The van der Waals surface area contributed by atoms with Gasteiger partial charge in [-0.05, 0) is 28.1 Å².